The van der Waals surface area contributed by atoms with E-state index in [0.29, 0.717) is 24.3 Å². The van der Waals surface area contributed by atoms with E-state index >= 15 is 0 Å². The minimum atomic E-state index is -0.986. The zero-order valence-electron chi connectivity index (χ0n) is 21.7. The number of carbonyl (C=O) groups is 1. The van der Waals surface area contributed by atoms with Gasteiger partial charge in [0, 0.05) is 35.3 Å². The molecule has 2 N–H and O–H groups in total. The van der Waals surface area contributed by atoms with Gasteiger partial charge in [-0.1, -0.05) is 45.9 Å². The van der Waals surface area contributed by atoms with Gasteiger partial charge in [-0.2, -0.15) is 0 Å². The molecule has 192 valence electrons. The van der Waals surface area contributed by atoms with Gasteiger partial charge in [-0.15, -0.1) is 11.3 Å². The summed E-state index contributed by atoms with van der Waals surface area (Å²) in [6, 6.07) is 9.72. The van der Waals surface area contributed by atoms with E-state index in [1.165, 1.54) is 23.2 Å². The summed E-state index contributed by atoms with van der Waals surface area (Å²) in [5.74, 6) is -0.442. The molecule has 37 heavy (non-hydrogen) atoms. The fraction of sp³-hybridized carbons (Fsp3) is 0.321. The largest absolute Gasteiger partial charge is 0.476 e. The van der Waals surface area contributed by atoms with Gasteiger partial charge in [0.05, 0.1) is 5.01 Å². The number of benzene rings is 1. The van der Waals surface area contributed by atoms with Crippen molar-refractivity contribution in [3.63, 3.8) is 0 Å². The van der Waals surface area contributed by atoms with Gasteiger partial charge in [0.2, 0.25) is 0 Å². The number of pyridine rings is 1. The van der Waals surface area contributed by atoms with Crippen LogP contribution in [0.4, 0.5) is 11.5 Å². The van der Waals surface area contributed by atoms with Crippen LogP contribution < -0.4 is 10.9 Å². The summed E-state index contributed by atoms with van der Waals surface area (Å²) in [7, 11) is 1.73. The van der Waals surface area contributed by atoms with E-state index < -0.39 is 5.97 Å². The van der Waals surface area contributed by atoms with Gasteiger partial charge in [0.15, 0.2) is 5.69 Å². The smallest absolute Gasteiger partial charge is 0.355 e. The molecule has 4 aromatic rings. The minimum Gasteiger partial charge on any atom is -0.476 e. The van der Waals surface area contributed by atoms with Crippen molar-refractivity contribution in [3.05, 3.63) is 86.1 Å². The average molecular weight is 518 g/mol. The Morgan fingerprint density at radius 1 is 1.19 bits per heavy atom. The topological polar surface area (TPSA) is 110 Å². The SMILES string of the molecule is CCc1c(CCc2sc(C(C)(C)C)nc2C(=O)O)cccc1-c1cc(Nc2ccncn2)c(=O)n(C)c1. The fourth-order valence-corrected chi connectivity index (χ4v) is 5.38. The summed E-state index contributed by atoms with van der Waals surface area (Å²) < 4.78 is 1.56. The van der Waals surface area contributed by atoms with E-state index in [4.69, 9.17) is 0 Å². The number of aromatic carboxylic acids is 1. The Labute approximate surface area is 220 Å². The van der Waals surface area contributed by atoms with Gasteiger partial charge < -0.3 is 15.0 Å². The van der Waals surface area contributed by atoms with Crippen LogP contribution in [0.1, 0.15) is 59.2 Å². The van der Waals surface area contributed by atoms with Crippen LogP contribution in [-0.4, -0.2) is 30.6 Å². The first-order valence-electron chi connectivity index (χ1n) is 12.2. The lowest BCUT2D eigenvalue weighted by atomic mass is 9.92. The Kier molecular flexibility index (Phi) is 7.54. The molecule has 0 saturated carbocycles. The Balaban J connectivity index is 1.68. The number of nitrogens with one attached hydrogen (secondary N) is 1. The van der Waals surface area contributed by atoms with Crippen LogP contribution in [0, 0.1) is 0 Å². The molecule has 0 spiro atoms. The maximum atomic E-state index is 12.8. The molecule has 0 aliphatic carbocycles. The minimum absolute atomic E-state index is 0.155. The molecule has 3 aromatic heterocycles. The third kappa shape index (κ3) is 5.77. The monoisotopic (exact) mass is 517 g/mol. The normalized spacial score (nSPS) is 11.5. The van der Waals surface area contributed by atoms with E-state index in [9.17, 15) is 14.7 Å². The lowest BCUT2D eigenvalue weighted by Gasteiger charge is -2.16. The highest BCUT2D eigenvalue weighted by atomic mass is 32.1. The zero-order valence-corrected chi connectivity index (χ0v) is 22.5. The molecule has 3 heterocycles. The van der Waals surface area contributed by atoms with E-state index in [1.807, 2.05) is 39.1 Å². The predicted molar refractivity (Wildman–Crippen MR) is 147 cm³/mol. The number of carboxylic acids is 1. The van der Waals surface area contributed by atoms with E-state index in [2.05, 4.69) is 39.3 Å². The predicted octanol–water partition coefficient (Wildman–Crippen LogP) is 5.39. The van der Waals surface area contributed by atoms with Gasteiger partial charge >= 0.3 is 5.97 Å². The number of hydrogen-bond acceptors (Lipinski definition) is 7. The summed E-state index contributed by atoms with van der Waals surface area (Å²) >= 11 is 1.49. The lowest BCUT2D eigenvalue weighted by molar-refractivity contribution is 0.0690. The maximum absolute atomic E-state index is 12.8. The standard InChI is InChI=1S/C28H31N5O3S/c1-6-19-17(10-11-22-24(26(35)36)32-27(37-22)28(2,3)4)8-7-9-20(19)18-14-21(25(34)33(5)15-18)31-23-12-13-29-16-30-23/h7-9,12-16H,6,10-11H2,1-5H3,(H,35,36)(H,29,30,31). The molecular weight excluding hydrogens is 486 g/mol. The summed E-state index contributed by atoms with van der Waals surface area (Å²) in [6.07, 6.45) is 6.97. The van der Waals surface area contributed by atoms with Crippen molar-refractivity contribution in [1.82, 2.24) is 19.5 Å². The van der Waals surface area contributed by atoms with Crippen molar-refractivity contribution < 1.29 is 9.90 Å². The number of hydrogen-bond donors (Lipinski definition) is 2. The van der Waals surface area contributed by atoms with Crippen LogP contribution in [0.2, 0.25) is 0 Å². The molecule has 0 saturated heterocycles. The van der Waals surface area contributed by atoms with Crippen LogP contribution in [0.3, 0.4) is 0 Å². The molecule has 0 aliphatic heterocycles. The number of anilines is 2. The number of carboxylic acid groups (broad SMARTS) is 1. The Morgan fingerprint density at radius 2 is 1.97 bits per heavy atom. The first kappa shape index (κ1) is 26.2. The van der Waals surface area contributed by atoms with Crippen LogP contribution in [0.25, 0.3) is 11.1 Å². The van der Waals surface area contributed by atoms with Gasteiger partial charge in [0.25, 0.3) is 5.56 Å². The molecule has 4 rings (SSSR count). The molecule has 9 heteroatoms. The number of thiazole rings is 1. The average Bonchev–Trinajstić information content (AvgIpc) is 3.31. The van der Waals surface area contributed by atoms with Crippen molar-refractivity contribution in [1.29, 1.82) is 0 Å². The molecule has 1 aromatic carbocycles. The van der Waals surface area contributed by atoms with Crippen LogP contribution in [0.5, 0.6) is 0 Å². The Morgan fingerprint density at radius 3 is 2.62 bits per heavy atom. The molecule has 0 amide bonds. The number of rotatable bonds is 8. The number of aryl methyl sites for hydroxylation is 3. The molecule has 0 aliphatic rings. The molecule has 8 nitrogen and oxygen atoms in total. The Hall–Kier alpha value is -3.85. The fourth-order valence-electron chi connectivity index (χ4n) is 4.27. The molecule has 0 fully saturated rings. The molecular formula is C28H31N5O3S. The maximum Gasteiger partial charge on any atom is 0.355 e. The third-order valence-corrected chi connectivity index (χ3v) is 7.67. The molecule has 0 atom stereocenters. The quantitative estimate of drug-likeness (QED) is 0.323. The highest BCUT2D eigenvalue weighted by Crippen LogP contribution is 2.32. The second-order valence-corrected chi connectivity index (χ2v) is 11.0. The van der Waals surface area contributed by atoms with Crippen molar-refractivity contribution in [2.75, 3.05) is 5.32 Å². The summed E-state index contributed by atoms with van der Waals surface area (Å²) in [4.78, 5) is 38.0. The Bertz CT molecular complexity index is 1490. The second-order valence-electron chi connectivity index (χ2n) is 9.92. The van der Waals surface area contributed by atoms with E-state index in [-0.39, 0.29) is 16.7 Å². The van der Waals surface area contributed by atoms with Crippen molar-refractivity contribution in [3.8, 4) is 11.1 Å². The first-order chi connectivity index (χ1) is 17.6. The van der Waals surface area contributed by atoms with Crippen LogP contribution in [0.15, 0.2) is 53.8 Å². The van der Waals surface area contributed by atoms with Crippen molar-refractivity contribution in [2.24, 2.45) is 7.05 Å². The third-order valence-electron chi connectivity index (χ3n) is 6.13. The second kappa shape index (κ2) is 10.6. The molecule has 0 radical (unpaired) electrons. The highest BCUT2D eigenvalue weighted by Gasteiger charge is 2.24. The summed E-state index contributed by atoms with van der Waals surface area (Å²) in [5.41, 5.74) is 4.50. The summed E-state index contributed by atoms with van der Waals surface area (Å²) in [5, 5.41) is 13.7. The van der Waals surface area contributed by atoms with E-state index in [0.717, 1.165) is 33.0 Å². The van der Waals surface area contributed by atoms with Gasteiger partial charge in [0.1, 0.15) is 17.8 Å². The van der Waals surface area contributed by atoms with Crippen LogP contribution >= 0.6 is 11.3 Å². The van der Waals surface area contributed by atoms with Crippen molar-refractivity contribution >= 4 is 28.8 Å². The highest BCUT2D eigenvalue weighted by molar-refractivity contribution is 7.12. The molecule has 0 unspecified atom stereocenters. The zero-order chi connectivity index (χ0) is 26.7. The van der Waals surface area contributed by atoms with E-state index in [1.54, 1.807) is 23.9 Å². The summed E-state index contributed by atoms with van der Waals surface area (Å²) in [6.45, 7) is 8.24. The lowest BCUT2D eigenvalue weighted by Crippen LogP contribution is -2.19. The number of nitrogens with zero attached hydrogens (tertiary/aromatic N) is 4. The van der Waals surface area contributed by atoms with Crippen molar-refractivity contribution in [2.45, 2.75) is 52.4 Å². The van der Waals surface area contributed by atoms with Gasteiger partial charge in [-0.25, -0.2) is 19.7 Å². The molecule has 0 bridgehead atoms. The van der Waals surface area contributed by atoms with Gasteiger partial charge in [-0.3, -0.25) is 4.79 Å². The van der Waals surface area contributed by atoms with Gasteiger partial charge in [-0.05, 0) is 48.1 Å². The van der Waals surface area contributed by atoms with Crippen LogP contribution in [-0.2, 0) is 31.7 Å². The number of aromatic nitrogens is 4. The first-order valence-corrected chi connectivity index (χ1v) is 13.0.